The maximum atomic E-state index is 11.5. The highest BCUT2D eigenvalue weighted by Crippen LogP contribution is 2.27. The molecule has 1 heterocycles. The van der Waals surface area contributed by atoms with Crippen LogP contribution in [0.5, 0.6) is 0 Å². The molecular formula is C9H13N3O. The first-order valence-corrected chi connectivity index (χ1v) is 4.53. The van der Waals surface area contributed by atoms with Crippen molar-refractivity contribution in [1.29, 1.82) is 0 Å². The van der Waals surface area contributed by atoms with E-state index in [9.17, 15) is 4.79 Å². The van der Waals surface area contributed by atoms with Gasteiger partial charge in [-0.3, -0.25) is 9.48 Å². The summed E-state index contributed by atoms with van der Waals surface area (Å²) in [6.07, 6.45) is 4.14. The number of nitrogens with one attached hydrogen (secondary N) is 1. The molecule has 0 bridgehead atoms. The minimum atomic E-state index is -0.0214. The standard InChI is InChI=1S/C9H13N3O/c1-12-8(4-5-11-12)9(13)10-6-7-2-3-7/h4-5,7H,2-3,6H2,1H3,(H,10,13). The lowest BCUT2D eigenvalue weighted by atomic mass is 10.3. The first-order valence-electron chi connectivity index (χ1n) is 4.53. The third kappa shape index (κ3) is 1.88. The Kier molecular flexibility index (Phi) is 2.04. The van der Waals surface area contributed by atoms with Crippen molar-refractivity contribution in [2.45, 2.75) is 12.8 Å². The molecule has 1 N–H and O–H groups in total. The quantitative estimate of drug-likeness (QED) is 0.737. The van der Waals surface area contributed by atoms with Gasteiger partial charge in [-0.05, 0) is 24.8 Å². The van der Waals surface area contributed by atoms with Gasteiger partial charge in [0.2, 0.25) is 0 Å². The molecule has 70 valence electrons. The van der Waals surface area contributed by atoms with Crippen molar-refractivity contribution in [2.24, 2.45) is 13.0 Å². The highest BCUT2D eigenvalue weighted by Gasteiger charge is 2.22. The van der Waals surface area contributed by atoms with Crippen LogP contribution in [0, 0.1) is 5.92 Å². The summed E-state index contributed by atoms with van der Waals surface area (Å²) in [6, 6.07) is 1.72. The van der Waals surface area contributed by atoms with Crippen LogP contribution in [-0.2, 0) is 7.05 Å². The fourth-order valence-electron chi connectivity index (χ4n) is 1.25. The topological polar surface area (TPSA) is 46.9 Å². The molecule has 1 aromatic heterocycles. The summed E-state index contributed by atoms with van der Waals surface area (Å²) in [6.45, 7) is 0.810. The van der Waals surface area contributed by atoms with Crippen LogP contribution in [-0.4, -0.2) is 22.2 Å². The van der Waals surface area contributed by atoms with E-state index in [0.717, 1.165) is 12.5 Å². The van der Waals surface area contributed by atoms with E-state index in [1.807, 2.05) is 0 Å². The van der Waals surface area contributed by atoms with Gasteiger partial charge < -0.3 is 5.32 Å². The molecule has 13 heavy (non-hydrogen) atoms. The first-order chi connectivity index (χ1) is 6.27. The van der Waals surface area contributed by atoms with Crippen LogP contribution < -0.4 is 5.32 Å². The average molecular weight is 179 g/mol. The second-order valence-electron chi connectivity index (χ2n) is 3.49. The lowest BCUT2D eigenvalue weighted by Gasteiger charge is -2.03. The van der Waals surface area contributed by atoms with Gasteiger partial charge in [-0.15, -0.1) is 0 Å². The number of rotatable bonds is 3. The zero-order valence-electron chi connectivity index (χ0n) is 7.66. The molecule has 0 aliphatic heterocycles. The van der Waals surface area contributed by atoms with E-state index in [1.165, 1.54) is 12.8 Å². The monoisotopic (exact) mass is 179 g/mol. The van der Waals surface area contributed by atoms with Gasteiger partial charge in [0, 0.05) is 19.8 Å². The molecule has 2 rings (SSSR count). The first kappa shape index (κ1) is 8.29. The number of carbonyl (C=O) groups is 1. The number of nitrogens with zero attached hydrogens (tertiary/aromatic N) is 2. The van der Waals surface area contributed by atoms with Gasteiger partial charge in [-0.2, -0.15) is 5.10 Å². The van der Waals surface area contributed by atoms with Gasteiger partial charge in [0.1, 0.15) is 5.69 Å². The number of hydrogen-bond acceptors (Lipinski definition) is 2. The Hall–Kier alpha value is -1.32. The summed E-state index contributed by atoms with van der Waals surface area (Å²) in [5.41, 5.74) is 0.626. The molecule has 1 aliphatic carbocycles. The van der Waals surface area contributed by atoms with Gasteiger partial charge in [-0.25, -0.2) is 0 Å². The predicted octanol–water partition coefficient (Wildman–Crippen LogP) is 0.560. The second-order valence-corrected chi connectivity index (χ2v) is 3.49. The van der Waals surface area contributed by atoms with Crippen LogP contribution in [0.15, 0.2) is 12.3 Å². The van der Waals surface area contributed by atoms with E-state index in [0.29, 0.717) is 5.69 Å². The SMILES string of the molecule is Cn1nccc1C(=O)NCC1CC1. The Labute approximate surface area is 76.9 Å². The molecule has 1 amide bonds. The smallest absolute Gasteiger partial charge is 0.269 e. The Morgan fingerprint density at radius 3 is 3.08 bits per heavy atom. The lowest BCUT2D eigenvalue weighted by Crippen LogP contribution is -2.27. The summed E-state index contributed by atoms with van der Waals surface area (Å²) in [5, 5.41) is 6.82. The van der Waals surface area contributed by atoms with Crippen LogP contribution in [0.4, 0.5) is 0 Å². The minimum Gasteiger partial charge on any atom is -0.350 e. The number of hydrogen-bond donors (Lipinski definition) is 1. The van der Waals surface area contributed by atoms with Gasteiger partial charge in [0.25, 0.3) is 5.91 Å². The van der Waals surface area contributed by atoms with Crippen molar-refractivity contribution < 1.29 is 4.79 Å². The molecule has 1 aliphatic rings. The third-order valence-corrected chi connectivity index (χ3v) is 2.30. The maximum Gasteiger partial charge on any atom is 0.269 e. The highest BCUT2D eigenvalue weighted by atomic mass is 16.2. The number of aromatic nitrogens is 2. The van der Waals surface area contributed by atoms with Gasteiger partial charge in [0.05, 0.1) is 0 Å². The molecule has 1 aromatic rings. The molecule has 0 atom stereocenters. The molecule has 0 radical (unpaired) electrons. The van der Waals surface area contributed by atoms with Crippen LogP contribution in [0.3, 0.4) is 0 Å². The Morgan fingerprint density at radius 1 is 1.77 bits per heavy atom. The predicted molar refractivity (Wildman–Crippen MR) is 48.3 cm³/mol. The molecule has 0 aromatic carbocycles. The van der Waals surface area contributed by atoms with Crippen molar-refractivity contribution in [3.63, 3.8) is 0 Å². The van der Waals surface area contributed by atoms with Crippen LogP contribution in [0.2, 0.25) is 0 Å². The second kappa shape index (κ2) is 3.20. The van der Waals surface area contributed by atoms with Gasteiger partial charge >= 0.3 is 0 Å². The average Bonchev–Trinajstić information content (AvgIpc) is 2.84. The normalized spacial score (nSPS) is 15.8. The van der Waals surface area contributed by atoms with E-state index in [4.69, 9.17) is 0 Å². The van der Waals surface area contributed by atoms with Crippen LogP contribution in [0.1, 0.15) is 23.3 Å². The van der Waals surface area contributed by atoms with Gasteiger partial charge in [0.15, 0.2) is 0 Å². The van der Waals surface area contributed by atoms with E-state index in [1.54, 1.807) is 24.0 Å². The summed E-state index contributed by atoms with van der Waals surface area (Å²) in [4.78, 5) is 11.5. The fraction of sp³-hybridized carbons (Fsp3) is 0.556. The number of aryl methyl sites for hydroxylation is 1. The molecule has 4 heteroatoms. The summed E-state index contributed by atoms with van der Waals surface area (Å²) in [7, 11) is 1.77. The Morgan fingerprint density at radius 2 is 2.54 bits per heavy atom. The van der Waals surface area contributed by atoms with Crippen molar-refractivity contribution >= 4 is 5.91 Å². The summed E-state index contributed by atoms with van der Waals surface area (Å²) >= 11 is 0. The lowest BCUT2D eigenvalue weighted by molar-refractivity contribution is 0.0942. The number of amides is 1. The van der Waals surface area contributed by atoms with Gasteiger partial charge in [-0.1, -0.05) is 0 Å². The van der Waals surface area contributed by atoms with E-state index in [-0.39, 0.29) is 5.91 Å². The van der Waals surface area contributed by atoms with Crippen molar-refractivity contribution in [3.05, 3.63) is 18.0 Å². The van der Waals surface area contributed by atoms with E-state index in [2.05, 4.69) is 10.4 Å². The van der Waals surface area contributed by atoms with Crippen LogP contribution in [0.25, 0.3) is 0 Å². The number of carbonyl (C=O) groups excluding carboxylic acids is 1. The van der Waals surface area contributed by atoms with Crippen LogP contribution >= 0.6 is 0 Å². The molecule has 1 saturated carbocycles. The van der Waals surface area contributed by atoms with E-state index < -0.39 is 0 Å². The largest absolute Gasteiger partial charge is 0.350 e. The molecule has 0 spiro atoms. The Bertz CT molecular complexity index is 314. The van der Waals surface area contributed by atoms with Crippen molar-refractivity contribution in [3.8, 4) is 0 Å². The Balaban J connectivity index is 1.92. The molecule has 1 fully saturated rings. The zero-order valence-corrected chi connectivity index (χ0v) is 7.66. The minimum absolute atomic E-state index is 0.0214. The maximum absolute atomic E-state index is 11.5. The van der Waals surface area contributed by atoms with E-state index >= 15 is 0 Å². The van der Waals surface area contributed by atoms with Crippen molar-refractivity contribution in [2.75, 3.05) is 6.54 Å². The third-order valence-electron chi connectivity index (χ3n) is 2.30. The van der Waals surface area contributed by atoms with Crippen molar-refractivity contribution in [1.82, 2.24) is 15.1 Å². The summed E-state index contributed by atoms with van der Waals surface area (Å²) < 4.78 is 1.59. The molecule has 0 unspecified atom stereocenters. The zero-order chi connectivity index (χ0) is 9.26. The fourth-order valence-corrected chi connectivity index (χ4v) is 1.25. The molecular weight excluding hydrogens is 166 g/mol. The summed E-state index contributed by atoms with van der Waals surface area (Å²) in [5.74, 6) is 0.698. The molecule has 4 nitrogen and oxygen atoms in total. The highest BCUT2D eigenvalue weighted by molar-refractivity contribution is 5.92. The molecule has 0 saturated heterocycles.